The number of hydrogen-bond acceptors (Lipinski definition) is 5. The lowest BCUT2D eigenvalue weighted by Crippen LogP contribution is -2.41. The molecule has 0 saturated carbocycles. The molecule has 0 bridgehead atoms. The van der Waals surface area contributed by atoms with E-state index >= 15 is 0 Å². The van der Waals surface area contributed by atoms with Gasteiger partial charge in [-0.05, 0) is 44.8 Å². The van der Waals surface area contributed by atoms with Crippen LogP contribution < -0.4 is 0 Å². The predicted octanol–water partition coefficient (Wildman–Crippen LogP) is 3.44. The maximum absolute atomic E-state index is 12.4. The molecule has 0 spiro atoms. The molecular formula is C13H19Br2NO3S. The highest BCUT2D eigenvalue weighted by Gasteiger charge is 2.20. The SMILES string of the molecule is COCCN(CC(=O)c1cc(Br)sc1Br)C(C)COC. The molecule has 20 heavy (non-hydrogen) atoms. The molecule has 0 saturated heterocycles. The molecule has 0 radical (unpaired) electrons. The zero-order valence-corrected chi connectivity index (χ0v) is 15.8. The minimum absolute atomic E-state index is 0.0953. The highest BCUT2D eigenvalue weighted by atomic mass is 79.9. The van der Waals surface area contributed by atoms with E-state index in [1.54, 1.807) is 14.2 Å². The van der Waals surface area contributed by atoms with Gasteiger partial charge in [-0.2, -0.15) is 0 Å². The summed E-state index contributed by atoms with van der Waals surface area (Å²) in [6, 6.07) is 2.02. The number of Topliss-reactive ketones (excluding diaryl/α,β-unsaturated/α-hetero) is 1. The van der Waals surface area contributed by atoms with Crippen molar-refractivity contribution >= 4 is 49.0 Å². The van der Waals surface area contributed by atoms with Crippen LogP contribution in [0, 0.1) is 0 Å². The summed E-state index contributed by atoms with van der Waals surface area (Å²) >= 11 is 8.33. The summed E-state index contributed by atoms with van der Waals surface area (Å²) in [5.74, 6) is 0.0953. The number of methoxy groups -OCH3 is 2. The van der Waals surface area contributed by atoms with Crippen molar-refractivity contribution in [3.05, 3.63) is 19.2 Å². The smallest absolute Gasteiger partial charge is 0.178 e. The minimum atomic E-state index is 0.0953. The van der Waals surface area contributed by atoms with Crippen LogP contribution in [0.25, 0.3) is 0 Å². The van der Waals surface area contributed by atoms with Crippen LogP contribution in [0.2, 0.25) is 0 Å². The number of rotatable bonds is 9. The second kappa shape index (κ2) is 9.27. The van der Waals surface area contributed by atoms with E-state index < -0.39 is 0 Å². The Kier molecular flexibility index (Phi) is 8.47. The Morgan fingerprint density at radius 1 is 1.40 bits per heavy atom. The van der Waals surface area contributed by atoms with Gasteiger partial charge in [0, 0.05) is 32.4 Å². The fourth-order valence-corrected chi connectivity index (χ4v) is 4.67. The van der Waals surface area contributed by atoms with Crippen molar-refractivity contribution in [2.24, 2.45) is 0 Å². The Bertz CT molecular complexity index is 439. The van der Waals surface area contributed by atoms with Crippen LogP contribution in [-0.2, 0) is 9.47 Å². The molecule has 7 heteroatoms. The Morgan fingerprint density at radius 2 is 2.10 bits per heavy atom. The third kappa shape index (κ3) is 5.54. The zero-order chi connectivity index (χ0) is 15.1. The number of thiophene rings is 1. The van der Waals surface area contributed by atoms with Gasteiger partial charge in [0.2, 0.25) is 0 Å². The number of hydrogen-bond donors (Lipinski definition) is 0. The van der Waals surface area contributed by atoms with E-state index in [-0.39, 0.29) is 11.8 Å². The van der Waals surface area contributed by atoms with Gasteiger partial charge in [-0.1, -0.05) is 0 Å². The average molecular weight is 429 g/mol. The normalized spacial score (nSPS) is 12.9. The summed E-state index contributed by atoms with van der Waals surface area (Å²) in [7, 11) is 3.33. The fraction of sp³-hybridized carbons (Fsp3) is 0.615. The number of ketones is 1. The monoisotopic (exact) mass is 427 g/mol. The van der Waals surface area contributed by atoms with Gasteiger partial charge in [-0.25, -0.2) is 0 Å². The molecule has 4 nitrogen and oxygen atoms in total. The van der Waals surface area contributed by atoms with Gasteiger partial charge in [0.1, 0.15) is 0 Å². The molecule has 0 fully saturated rings. The highest BCUT2D eigenvalue weighted by Crippen LogP contribution is 2.32. The standard InChI is InChI=1S/C13H19Br2NO3S/c1-9(8-19-3)16(4-5-18-2)7-11(17)10-6-12(14)20-13(10)15/h6,9H,4-5,7-8H2,1-3H3. The number of ether oxygens (including phenoxy) is 2. The van der Waals surface area contributed by atoms with Crippen molar-refractivity contribution in [1.29, 1.82) is 0 Å². The molecular weight excluding hydrogens is 410 g/mol. The highest BCUT2D eigenvalue weighted by molar-refractivity contribution is 9.12. The van der Waals surface area contributed by atoms with Crippen LogP contribution in [0.5, 0.6) is 0 Å². The van der Waals surface area contributed by atoms with Crippen molar-refractivity contribution in [2.75, 3.05) is 40.5 Å². The van der Waals surface area contributed by atoms with Crippen LogP contribution in [0.15, 0.2) is 13.6 Å². The first-order valence-electron chi connectivity index (χ1n) is 6.19. The number of nitrogens with zero attached hydrogens (tertiary/aromatic N) is 1. The maximum Gasteiger partial charge on any atom is 0.178 e. The quantitative estimate of drug-likeness (QED) is 0.564. The predicted molar refractivity (Wildman–Crippen MR) is 88.8 cm³/mol. The molecule has 0 aliphatic rings. The largest absolute Gasteiger partial charge is 0.383 e. The van der Waals surface area contributed by atoms with Gasteiger partial charge in [0.05, 0.1) is 27.3 Å². The Morgan fingerprint density at radius 3 is 2.60 bits per heavy atom. The lowest BCUT2D eigenvalue weighted by molar-refractivity contribution is 0.0651. The molecule has 1 atom stereocenters. The number of carbonyl (C=O) groups is 1. The lowest BCUT2D eigenvalue weighted by Gasteiger charge is -2.27. The van der Waals surface area contributed by atoms with Crippen molar-refractivity contribution in [1.82, 2.24) is 4.90 Å². The van der Waals surface area contributed by atoms with Crippen LogP contribution in [0.4, 0.5) is 0 Å². The molecule has 1 aromatic rings. The minimum Gasteiger partial charge on any atom is -0.383 e. The van der Waals surface area contributed by atoms with Gasteiger partial charge < -0.3 is 9.47 Å². The van der Waals surface area contributed by atoms with E-state index in [0.29, 0.717) is 31.9 Å². The van der Waals surface area contributed by atoms with Gasteiger partial charge in [-0.15, -0.1) is 11.3 Å². The number of halogens is 2. The van der Waals surface area contributed by atoms with E-state index in [1.807, 2.05) is 13.0 Å². The molecule has 1 unspecified atom stereocenters. The first kappa shape index (κ1) is 18.3. The fourth-order valence-electron chi connectivity index (χ4n) is 1.81. The zero-order valence-electron chi connectivity index (χ0n) is 11.8. The Labute approximate surface area is 140 Å². The first-order valence-corrected chi connectivity index (χ1v) is 8.59. The van der Waals surface area contributed by atoms with Crippen LogP contribution in [0.3, 0.4) is 0 Å². The summed E-state index contributed by atoms with van der Waals surface area (Å²) < 4.78 is 12.1. The van der Waals surface area contributed by atoms with E-state index in [0.717, 1.165) is 7.57 Å². The summed E-state index contributed by atoms with van der Waals surface area (Å²) in [5, 5.41) is 0. The number of carbonyl (C=O) groups excluding carboxylic acids is 1. The van der Waals surface area contributed by atoms with Gasteiger partial charge in [0.25, 0.3) is 0 Å². The Hall–Kier alpha value is 0.210. The summed E-state index contributed by atoms with van der Waals surface area (Å²) in [4.78, 5) is 14.5. The van der Waals surface area contributed by atoms with Crippen molar-refractivity contribution in [3.63, 3.8) is 0 Å². The van der Waals surface area contributed by atoms with Gasteiger partial charge in [-0.3, -0.25) is 9.69 Å². The van der Waals surface area contributed by atoms with Crippen LogP contribution in [-0.4, -0.2) is 57.2 Å². The molecule has 0 aromatic carbocycles. The van der Waals surface area contributed by atoms with E-state index in [2.05, 4.69) is 36.8 Å². The molecule has 1 rings (SSSR count). The molecule has 0 aliphatic heterocycles. The molecule has 114 valence electrons. The molecule has 0 aliphatic carbocycles. The third-order valence-electron chi connectivity index (χ3n) is 2.92. The van der Waals surface area contributed by atoms with Gasteiger partial charge >= 0.3 is 0 Å². The van der Waals surface area contributed by atoms with Crippen molar-refractivity contribution < 1.29 is 14.3 Å². The summed E-state index contributed by atoms with van der Waals surface area (Å²) in [5.41, 5.74) is 0.717. The second-order valence-electron chi connectivity index (χ2n) is 4.43. The lowest BCUT2D eigenvalue weighted by atomic mass is 10.2. The van der Waals surface area contributed by atoms with Crippen molar-refractivity contribution in [2.45, 2.75) is 13.0 Å². The molecule has 1 heterocycles. The molecule has 0 N–H and O–H groups in total. The molecule has 1 aromatic heterocycles. The topological polar surface area (TPSA) is 38.8 Å². The Balaban J connectivity index is 2.72. The molecule has 0 amide bonds. The summed E-state index contributed by atoms with van der Waals surface area (Å²) in [6.45, 7) is 4.29. The first-order chi connectivity index (χ1) is 9.49. The second-order valence-corrected chi connectivity index (χ2v) is 8.18. The average Bonchev–Trinajstić information content (AvgIpc) is 2.73. The van der Waals surface area contributed by atoms with E-state index in [4.69, 9.17) is 9.47 Å². The maximum atomic E-state index is 12.4. The van der Waals surface area contributed by atoms with Crippen LogP contribution in [0.1, 0.15) is 17.3 Å². The third-order valence-corrected chi connectivity index (χ3v) is 5.26. The van der Waals surface area contributed by atoms with E-state index in [1.165, 1.54) is 11.3 Å². The van der Waals surface area contributed by atoms with E-state index in [9.17, 15) is 4.79 Å². The van der Waals surface area contributed by atoms with Crippen LogP contribution >= 0.6 is 43.2 Å². The summed E-state index contributed by atoms with van der Waals surface area (Å²) in [6.07, 6.45) is 0. The van der Waals surface area contributed by atoms with Gasteiger partial charge in [0.15, 0.2) is 5.78 Å². The van der Waals surface area contributed by atoms with Crippen molar-refractivity contribution in [3.8, 4) is 0 Å².